The number of aryl methyl sites for hydroxylation is 1. The number of hydrogen-bond donors (Lipinski definition) is 1. The third-order valence-electron chi connectivity index (χ3n) is 3.65. The van der Waals surface area contributed by atoms with Gasteiger partial charge in [-0.15, -0.1) is 0 Å². The Morgan fingerprint density at radius 2 is 2.31 bits per heavy atom. The fourth-order valence-corrected chi connectivity index (χ4v) is 2.57. The van der Waals surface area contributed by atoms with Crippen LogP contribution in [0.2, 0.25) is 0 Å². The maximum atomic E-state index is 4.12. The number of nitrogens with one attached hydrogen (secondary N) is 1. The molecule has 1 saturated carbocycles. The van der Waals surface area contributed by atoms with Gasteiger partial charge in [0.1, 0.15) is 0 Å². The van der Waals surface area contributed by atoms with Gasteiger partial charge in [-0.1, -0.05) is 19.8 Å². The average molecular weight is 218 g/mol. The quantitative estimate of drug-likeness (QED) is 0.843. The van der Waals surface area contributed by atoms with E-state index >= 15 is 0 Å². The van der Waals surface area contributed by atoms with Gasteiger partial charge in [0, 0.05) is 25.0 Å². The van der Waals surface area contributed by atoms with Gasteiger partial charge in [0.15, 0.2) is 0 Å². The second-order valence-corrected chi connectivity index (χ2v) is 5.15. The summed E-state index contributed by atoms with van der Waals surface area (Å²) in [6.45, 7) is 5.49. The molecule has 2 unspecified atom stereocenters. The lowest BCUT2D eigenvalue weighted by Gasteiger charge is -2.27. The van der Waals surface area contributed by atoms with Crippen LogP contribution in [-0.4, -0.2) is 11.0 Å². The van der Waals surface area contributed by atoms with Crippen LogP contribution in [0.1, 0.15) is 43.7 Å². The van der Waals surface area contributed by atoms with Gasteiger partial charge in [-0.2, -0.15) is 0 Å². The third kappa shape index (κ3) is 3.05. The summed E-state index contributed by atoms with van der Waals surface area (Å²) in [6.07, 6.45) is 9.30. The maximum absolute atomic E-state index is 4.12. The largest absolute Gasteiger partial charge is 0.310 e. The van der Waals surface area contributed by atoms with Crippen molar-refractivity contribution in [2.45, 2.75) is 52.1 Å². The molecular formula is C14H22N2. The lowest BCUT2D eigenvalue weighted by atomic mass is 9.87. The Kier molecular flexibility index (Phi) is 3.94. The Balaban J connectivity index is 1.85. The summed E-state index contributed by atoms with van der Waals surface area (Å²) < 4.78 is 0. The van der Waals surface area contributed by atoms with Crippen LogP contribution in [0.25, 0.3) is 0 Å². The van der Waals surface area contributed by atoms with Gasteiger partial charge in [0.25, 0.3) is 0 Å². The van der Waals surface area contributed by atoms with E-state index in [1.54, 1.807) is 0 Å². The predicted molar refractivity (Wildman–Crippen MR) is 67.2 cm³/mol. The molecule has 1 N–H and O–H groups in total. The number of aromatic nitrogens is 1. The molecule has 2 heteroatoms. The molecule has 0 spiro atoms. The highest BCUT2D eigenvalue weighted by Gasteiger charge is 2.18. The van der Waals surface area contributed by atoms with E-state index in [0.717, 1.165) is 18.5 Å². The molecule has 0 aromatic carbocycles. The Hall–Kier alpha value is -0.890. The number of pyridine rings is 1. The Morgan fingerprint density at radius 3 is 3.06 bits per heavy atom. The van der Waals surface area contributed by atoms with Crippen molar-refractivity contribution in [1.82, 2.24) is 10.3 Å². The monoisotopic (exact) mass is 218 g/mol. The van der Waals surface area contributed by atoms with Crippen molar-refractivity contribution in [2.75, 3.05) is 0 Å². The summed E-state index contributed by atoms with van der Waals surface area (Å²) in [7, 11) is 0. The van der Waals surface area contributed by atoms with Crippen molar-refractivity contribution in [3.05, 3.63) is 29.6 Å². The molecule has 2 rings (SSSR count). The maximum Gasteiger partial charge on any atom is 0.0300 e. The van der Waals surface area contributed by atoms with Crippen molar-refractivity contribution < 1.29 is 0 Å². The van der Waals surface area contributed by atoms with E-state index in [2.05, 4.69) is 30.2 Å². The fourth-order valence-electron chi connectivity index (χ4n) is 2.57. The molecule has 1 aliphatic rings. The topological polar surface area (TPSA) is 24.9 Å². The lowest BCUT2D eigenvalue weighted by molar-refractivity contribution is 0.300. The molecule has 0 aliphatic heterocycles. The second-order valence-electron chi connectivity index (χ2n) is 5.15. The van der Waals surface area contributed by atoms with Crippen molar-refractivity contribution >= 4 is 0 Å². The first-order valence-electron chi connectivity index (χ1n) is 6.38. The van der Waals surface area contributed by atoms with Crippen LogP contribution >= 0.6 is 0 Å². The highest BCUT2D eigenvalue weighted by atomic mass is 14.9. The molecule has 2 atom stereocenters. The predicted octanol–water partition coefficient (Wildman–Crippen LogP) is 3.06. The van der Waals surface area contributed by atoms with E-state index in [9.17, 15) is 0 Å². The first-order valence-corrected chi connectivity index (χ1v) is 6.38. The highest BCUT2D eigenvalue weighted by molar-refractivity contribution is 5.21. The molecule has 1 heterocycles. The minimum Gasteiger partial charge on any atom is -0.310 e. The van der Waals surface area contributed by atoms with E-state index in [-0.39, 0.29) is 0 Å². The average Bonchev–Trinajstić information content (AvgIpc) is 2.28. The molecule has 88 valence electrons. The van der Waals surface area contributed by atoms with Gasteiger partial charge < -0.3 is 5.32 Å². The summed E-state index contributed by atoms with van der Waals surface area (Å²) in [5, 5.41) is 3.68. The number of rotatable bonds is 3. The molecular weight excluding hydrogens is 196 g/mol. The first-order chi connectivity index (χ1) is 7.75. The van der Waals surface area contributed by atoms with E-state index in [1.165, 1.54) is 36.8 Å². The van der Waals surface area contributed by atoms with Gasteiger partial charge in [-0.3, -0.25) is 4.98 Å². The molecule has 1 fully saturated rings. The van der Waals surface area contributed by atoms with E-state index in [4.69, 9.17) is 0 Å². The first kappa shape index (κ1) is 11.6. The normalized spacial score (nSPS) is 25.6. The van der Waals surface area contributed by atoms with Gasteiger partial charge in [-0.05, 0) is 42.9 Å². The van der Waals surface area contributed by atoms with Gasteiger partial charge >= 0.3 is 0 Å². The zero-order valence-electron chi connectivity index (χ0n) is 10.4. The van der Waals surface area contributed by atoms with Crippen LogP contribution in [0.3, 0.4) is 0 Å². The van der Waals surface area contributed by atoms with Crippen molar-refractivity contribution in [2.24, 2.45) is 5.92 Å². The summed E-state index contributed by atoms with van der Waals surface area (Å²) >= 11 is 0. The van der Waals surface area contributed by atoms with E-state index in [1.807, 2.05) is 12.4 Å². The zero-order valence-corrected chi connectivity index (χ0v) is 10.4. The van der Waals surface area contributed by atoms with Gasteiger partial charge in [-0.25, -0.2) is 0 Å². The smallest absolute Gasteiger partial charge is 0.0300 e. The van der Waals surface area contributed by atoms with Crippen LogP contribution in [0.5, 0.6) is 0 Å². The standard InChI is InChI=1S/C14H22N2/c1-11-4-3-5-14(8-11)16-10-13-6-7-15-9-12(13)2/h6-7,9,11,14,16H,3-5,8,10H2,1-2H3. The highest BCUT2D eigenvalue weighted by Crippen LogP contribution is 2.23. The van der Waals surface area contributed by atoms with Crippen LogP contribution in [0.15, 0.2) is 18.5 Å². The van der Waals surface area contributed by atoms with Gasteiger partial charge in [0.2, 0.25) is 0 Å². The molecule has 1 aromatic rings. The fraction of sp³-hybridized carbons (Fsp3) is 0.643. The zero-order chi connectivity index (χ0) is 11.4. The Bertz CT molecular complexity index is 335. The Morgan fingerprint density at radius 1 is 1.44 bits per heavy atom. The molecule has 0 amide bonds. The second kappa shape index (κ2) is 5.44. The minimum atomic E-state index is 0.719. The SMILES string of the molecule is Cc1cnccc1CNC1CCCC(C)C1. The molecule has 1 aromatic heterocycles. The molecule has 1 aliphatic carbocycles. The summed E-state index contributed by atoms with van der Waals surface area (Å²) in [6, 6.07) is 2.84. The molecule has 0 radical (unpaired) electrons. The Labute approximate surface area is 98.5 Å². The third-order valence-corrected chi connectivity index (χ3v) is 3.65. The van der Waals surface area contributed by atoms with Crippen molar-refractivity contribution in [3.63, 3.8) is 0 Å². The van der Waals surface area contributed by atoms with Gasteiger partial charge in [0.05, 0.1) is 0 Å². The molecule has 0 saturated heterocycles. The van der Waals surface area contributed by atoms with Crippen LogP contribution < -0.4 is 5.32 Å². The van der Waals surface area contributed by atoms with Crippen molar-refractivity contribution in [1.29, 1.82) is 0 Å². The van der Waals surface area contributed by atoms with E-state index < -0.39 is 0 Å². The van der Waals surface area contributed by atoms with Crippen molar-refractivity contribution in [3.8, 4) is 0 Å². The lowest BCUT2D eigenvalue weighted by Crippen LogP contribution is -2.33. The van der Waals surface area contributed by atoms with Crippen LogP contribution in [0.4, 0.5) is 0 Å². The summed E-state index contributed by atoms with van der Waals surface area (Å²) in [4.78, 5) is 4.12. The van der Waals surface area contributed by atoms with Crippen LogP contribution in [0, 0.1) is 12.8 Å². The van der Waals surface area contributed by atoms with E-state index in [0.29, 0.717) is 0 Å². The number of hydrogen-bond acceptors (Lipinski definition) is 2. The molecule has 0 bridgehead atoms. The number of nitrogens with zero attached hydrogens (tertiary/aromatic N) is 1. The summed E-state index contributed by atoms with van der Waals surface area (Å²) in [5.41, 5.74) is 2.67. The molecule has 2 nitrogen and oxygen atoms in total. The molecule has 16 heavy (non-hydrogen) atoms. The minimum absolute atomic E-state index is 0.719. The summed E-state index contributed by atoms with van der Waals surface area (Å²) in [5.74, 6) is 0.893. The van der Waals surface area contributed by atoms with Crippen LogP contribution in [-0.2, 0) is 6.54 Å².